The molecule has 0 spiro atoms. The van der Waals surface area contributed by atoms with E-state index in [1.807, 2.05) is 31.3 Å². The van der Waals surface area contributed by atoms with E-state index in [0.717, 1.165) is 18.5 Å². The molecule has 4 nitrogen and oxygen atoms in total. The number of aliphatic hydroxyl groups excluding tert-OH is 1. The smallest absolute Gasteiger partial charge is 0.0931 e. The van der Waals surface area contributed by atoms with Crippen LogP contribution in [0.4, 0.5) is 0 Å². The van der Waals surface area contributed by atoms with Crippen molar-refractivity contribution in [2.45, 2.75) is 12.5 Å². The molecule has 0 saturated carbocycles. The first-order valence-corrected chi connectivity index (χ1v) is 6.41. The molecule has 4 heteroatoms. The Morgan fingerprint density at radius 3 is 2.63 bits per heavy atom. The van der Waals surface area contributed by atoms with Crippen LogP contribution in [-0.4, -0.2) is 40.1 Å². The molecule has 0 saturated heterocycles. The van der Waals surface area contributed by atoms with Crippen LogP contribution in [-0.2, 0) is 6.42 Å². The maximum Gasteiger partial charge on any atom is 0.0931 e. The monoisotopic (exact) mass is 257 g/mol. The quantitative estimate of drug-likeness (QED) is 0.855. The van der Waals surface area contributed by atoms with Gasteiger partial charge < -0.3 is 10.0 Å². The summed E-state index contributed by atoms with van der Waals surface area (Å²) in [6, 6.07) is 7.78. The Morgan fingerprint density at radius 1 is 1.16 bits per heavy atom. The third-order valence-electron chi connectivity index (χ3n) is 3.09. The molecule has 1 N–H and O–H groups in total. The molecule has 1 unspecified atom stereocenters. The standard InChI is InChI=1S/C15H19N3O/c1-18(10-6-13-4-8-16-9-5-13)12-15(19)14-3-2-7-17-11-14/h2-5,7-9,11,15,19H,6,10,12H2,1H3. The van der Waals surface area contributed by atoms with Crippen molar-refractivity contribution in [1.29, 1.82) is 0 Å². The van der Waals surface area contributed by atoms with Crippen molar-refractivity contribution in [3.63, 3.8) is 0 Å². The Bertz CT molecular complexity index is 475. The fourth-order valence-electron chi connectivity index (χ4n) is 1.93. The minimum Gasteiger partial charge on any atom is -0.387 e. The highest BCUT2D eigenvalue weighted by atomic mass is 16.3. The minimum absolute atomic E-state index is 0.490. The number of pyridine rings is 2. The highest BCUT2D eigenvalue weighted by molar-refractivity contribution is 5.12. The van der Waals surface area contributed by atoms with Gasteiger partial charge in [-0.25, -0.2) is 0 Å². The lowest BCUT2D eigenvalue weighted by molar-refractivity contribution is 0.127. The maximum atomic E-state index is 10.1. The molecule has 0 aliphatic rings. The number of likely N-dealkylation sites (N-methyl/N-ethyl adjacent to an activating group) is 1. The largest absolute Gasteiger partial charge is 0.387 e. The van der Waals surface area contributed by atoms with Crippen molar-refractivity contribution >= 4 is 0 Å². The molecule has 0 radical (unpaired) electrons. The summed E-state index contributed by atoms with van der Waals surface area (Å²) in [5.74, 6) is 0. The number of hydrogen-bond acceptors (Lipinski definition) is 4. The normalized spacial score (nSPS) is 12.6. The summed E-state index contributed by atoms with van der Waals surface area (Å²) < 4.78 is 0. The van der Waals surface area contributed by atoms with Crippen LogP contribution in [0.5, 0.6) is 0 Å². The lowest BCUT2D eigenvalue weighted by atomic mass is 10.1. The van der Waals surface area contributed by atoms with Gasteiger partial charge in [0.1, 0.15) is 0 Å². The Balaban J connectivity index is 1.80. The van der Waals surface area contributed by atoms with Crippen LogP contribution in [0.3, 0.4) is 0 Å². The van der Waals surface area contributed by atoms with Gasteiger partial charge in [-0.05, 0) is 37.2 Å². The van der Waals surface area contributed by atoms with E-state index in [4.69, 9.17) is 0 Å². The molecular weight excluding hydrogens is 238 g/mol. The predicted octanol–water partition coefficient (Wildman–Crippen LogP) is 1.68. The van der Waals surface area contributed by atoms with Crippen LogP contribution >= 0.6 is 0 Å². The number of nitrogens with zero attached hydrogens (tertiary/aromatic N) is 3. The molecule has 2 aromatic rings. The van der Waals surface area contributed by atoms with Gasteiger partial charge in [-0.3, -0.25) is 9.97 Å². The summed E-state index contributed by atoms with van der Waals surface area (Å²) in [7, 11) is 2.01. The van der Waals surface area contributed by atoms with Gasteiger partial charge >= 0.3 is 0 Å². The average molecular weight is 257 g/mol. The van der Waals surface area contributed by atoms with Crippen molar-refractivity contribution in [1.82, 2.24) is 14.9 Å². The summed E-state index contributed by atoms with van der Waals surface area (Å²) in [4.78, 5) is 10.1. The van der Waals surface area contributed by atoms with Gasteiger partial charge in [0, 0.05) is 43.4 Å². The molecule has 1 atom stereocenters. The first kappa shape index (κ1) is 13.6. The Labute approximate surface area is 113 Å². The lowest BCUT2D eigenvalue weighted by Crippen LogP contribution is -2.26. The maximum absolute atomic E-state index is 10.1. The van der Waals surface area contributed by atoms with E-state index in [-0.39, 0.29) is 0 Å². The summed E-state index contributed by atoms with van der Waals surface area (Å²) in [6.07, 6.45) is 7.50. The number of aromatic nitrogens is 2. The van der Waals surface area contributed by atoms with Crippen LogP contribution in [0.2, 0.25) is 0 Å². The van der Waals surface area contributed by atoms with Gasteiger partial charge in [0.05, 0.1) is 6.10 Å². The summed E-state index contributed by atoms with van der Waals surface area (Å²) in [5.41, 5.74) is 2.12. The first-order valence-electron chi connectivity index (χ1n) is 6.41. The third kappa shape index (κ3) is 4.43. The van der Waals surface area contributed by atoms with E-state index in [9.17, 15) is 5.11 Å². The highest BCUT2D eigenvalue weighted by Crippen LogP contribution is 2.12. The van der Waals surface area contributed by atoms with Crippen LogP contribution in [0.15, 0.2) is 49.1 Å². The zero-order valence-corrected chi connectivity index (χ0v) is 11.1. The molecule has 0 aromatic carbocycles. The van der Waals surface area contributed by atoms with Gasteiger partial charge in [0.15, 0.2) is 0 Å². The van der Waals surface area contributed by atoms with Crippen LogP contribution in [0.1, 0.15) is 17.2 Å². The zero-order chi connectivity index (χ0) is 13.5. The van der Waals surface area contributed by atoms with Gasteiger partial charge in [-0.2, -0.15) is 0 Å². The third-order valence-corrected chi connectivity index (χ3v) is 3.09. The molecule has 0 aliphatic carbocycles. The fraction of sp³-hybridized carbons (Fsp3) is 0.333. The average Bonchev–Trinajstić information content (AvgIpc) is 2.47. The van der Waals surface area contributed by atoms with E-state index >= 15 is 0 Å². The van der Waals surface area contributed by atoms with Crippen LogP contribution in [0.25, 0.3) is 0 Å². The van der Waals surface area contributed by atoms with Gasteiger partial charge in [0.25, 0.3) is 0 Å². The van der Waals surface area contributed by atoms with E-state index in [2.05, 4.69) is 14.9 Å². The molecule has 0 aliphatic heterocycles. The number of rotatable bonds is 6. The first-order chi connectivity index (χ1) is 9.25. The van der Waals surface area contributed by atoms with Crippen LogP contribution < -0.4 is 0 Å². The number of hydrogen-bond donors (Lipinski definition) is 1. The number of aliphatic hydroxyl groups is 1. The van der Waals surface area contributed by atoms with Gasteiger partial charge in [0.2, 0.25) is 0 Å². The molecule has 0 bridgehead atoms. The molecule has 2 aromatic heterocycles. The minimum atomic E-state index is -0.490. The second-order valence-corrected chi connectivity index (χ2v) is 4.67. The Kier molecular flexibility index (Phi) is 5.01. The van der Waals surface area contributed by atoms with Crippen molar-refractivity contribution in [3.8, 4) is 0 Å². The van der Waals surface area contributed by atoms with Crippen molar-refractivity contribution < 1.29 is 5.11 Å². The van der Waals surface area contributed by atoms with Crippen molar-refractivity contribution in [2.75, 3.05) is 20.1 Å². The van der Waals surface area contributed by atoms with E-state index in [1.165, 1.54) is 5.56 Å². The molecule has 0 amide bonds. The van der Waals surface area contributed by atoms with Gasteiger partial charge in [-0.15, -0.1) is 0 Å². The van der Waals surface area contributed by atoms with E-state index < -0.39 is 6.10 Å². The summed E-state index contributed by atoms with van der Waals surface area (Å²) in [5, 5.41) is 10.1. The molecule has 100 valence electrons. The summed E-state index contributed by atoms with van der Waals surface area (Å²) >= 11 is 0. The zero-order valence-electron chi connectivity index (χ0n) is 11.1. The highest BCUT2D eigenvalue weighted by Gasteiger charge is 2.10. The molecule has 0 fully saturated rings. The van der Waals surface area contributed by atoms with Crippen LogP contribution in [0, 0.1) is 0 Å². The molecular formula is C15H19N3O. The van der Waals surface area contributed by atoms with E-state index in [1.54, 1.807) is 24.8 Å². The second kappa shape index (κ2) is 6.97. The lowest BCUT2D eigenvalue weighted by Gasteiger charge is -2.20. The second-order valence-electron chi connectivity index (χ2n) is 4.67. The molecule has 2 rings (SSSR count). The van der Waals surface area contributed by atoms with Gasteiger partial charge in [-0.1, -0.05) is 6.07 Å². The molecule has 19 heavy (non-hydrogen) atoms. The van der Waals surface area contributed by atoms with Crippen molar-refractivity contribution in [3.05, 3.63) is 60.2 Å². The Hall–Kier alpha value is -1.78. The summed E-state index contributed by atoms with van der Waals surface area (Å²) in [6.45, 7) is 1.51. The Morgan fingerprint density at radius 2 is 1.95 bits per heavy atom. The SMILES string of the molecule is CN(CCc1ccncc1)CC(O)c1cccnc1. The molecule has 2 heterocycles. The van der Waals surface area contributed by atoms with E-state index in [0.29, 0.717) is 6.54 Å². The topological polar surface area (TPSA) is 49.2 Å². The predicted molar refractivity (Wildman–Crippen MR) is 74.6 cm³/mol. The van der Waals surface area contributed by atoms with Crippen molar-refractivity contribution in [2.24, 2.45) is 0 Å². The fourth-order valence-corrected chi connectivity index (χ4v) is 1.93.